The van der Waals surface area contributed by atoms with Crippen molar-refractivity contribution in [3.63, 3.8) is 0 Å². The Morgan fingerprint density at radius 2 is 1.73 bits per heavy atom. The third-order valence-corrected chi connectivity index (χ3v) is 7.14. The van der Waals surface area contributed by atoms with Gasteiger partial charge in [0.15, 0.2) is 11.5 Å². The molecule has 1 N–H and O–H groups in total. The van der Waals surface area contributed by atoms with Crippen molar-refractivity contribution < 1.29 is 23.9 Å². The lowest BCUT2D eigenvalue weighted by atomic mass is 10.1. The first-order chi connectivity index (χ1) is 17.7. The number of barbiturate groups is 1. The quantitative estimate of drug-likeness (QED) is 0.225. The van der Waals surface area contributed by atoms with Gasteiger partial charge in [0, 0.05) is 8.95 Å². The Bertz CT molecular complexity index is 1420. The Kier molecular flexibility index (Phi) is 8.36. The van der Waals surface area contributed by atoms with Crippen molar-refractivity contribution in [1.29, 1.82) is 0 Å². The lowest BCUT2D eigenvalue weighted by molar-refractivity contribution is -0.122. The average Bonchev–Trinajstić information content (AvgIpc) is 2.84. The molecule has 0 aliphatic carbocycles. The molecule has 0 aromatic heterocycles. The number of urea groups is 1. The number of rotatable bonds is 7. The standard InChI is InChI=1S/C27H21Br2ClN2O5/c1-3-36-23-13-17(12-22(30)24(23)37-14-16-4-6-18(28)7-5-16)11-20-25(33)31-27(35)32(26(20)34)19-8-9-21(29)15(2)10-19/h4-13H,3,14H2,1-2H3,(H,31,33,35)/b20-11+. The van der Waals surface area contributed by atoms with Crippen LogP contribution < -0.4 is 19.7 Å². The maximum Gasteiger partial charge on any atom is 0.335 e. The molecule has 4 amide bonds. The molecule has 0 unspecified atom stereocenters. The highest BCUT2D eigenvalue weighted by Gasteiger charge is 2.37. The molecular formula is C27H21Br2ClN2O5. The molecule has 1 heterocycles. The third-order valence-electron chi connectivity index (χ3n) is 5.44. The number of benzene rings is 3. The largest absolute Gasteiger partial charge is 0.490 e. The molecule has 3 aromatic rings. The Morgan fingerprint density at radius 1 is 1.00 bits per heavy atom. The molecule has 1 fully saturated rings. The number of anilines is 1. The highest BCUT2D eigenvalue weighted by atomic mass is 79.9. The van der Waals surface area contributed by atoms with Crippen molar-refractivity contribution in [3.05, 3.63) is 90.8 Å². The second kappa shape index (κ2) is 11.5. The van der Waals surface area contributed by atoms with Crippen molar-refractivity contribution in [3.8, 4) is 11.5 Å². The first-order valence-electron chi connectivity index (χ1n) is 11.2. The highest BCUT2D eigenvalue weighted by molar-refractivity contribution is 9.10. The fraction of sp³-hybridized carbons (Fsp3) is 0.148. The van der Waals surface area contributed by atoms with Gasteiger partial charge in [0.25, 0.3) is 11.8 Å². The van der Waals surface area contributed by atoms with E-state index in [0.29, 0.717) is 29.4 Å². The van der Waals surface area contributed by atoms with Crippen molar-refractivity contribution in [2.24, 2.45) is 0 Å². The first-order valence-corrected chi connectivity index (χ1v) is 13.2. The number of hydrogen-bond acceptors (Lipinski definition) is 5. The van der Waals surface area contributed by atoms with E-state index in [0.717, 1.165) is 25.0 Å². The zero-order chi connectivity index (χ0) is 26.7. The van der Waals surface area contributed by atoms with Gasteiger partial charge in [-0.3, -0.25) is 14.9 Å². The molecule has 37 heavy (non-hydrogen) atoms. The average molecular weight is 649 g/mol. The Labute approximate surface area is 235 Å². The predicted molar refractivity (Wildman–Crippen MR) is 149 cm³/mol. The minimum Gasteiger partial charge on any atom is -0.490 e. The summed E-state index contributed by atoms with van der Waals surface area (Å²) in [7, 11) is 0. The molecule has 0 bridgehead atoms. The maximum atomic E-state index is 13.3. The van der Waals surface area contributed by atoms with E-state index in [1.165, 1.54) is 6.08 Å². The van der Waals surface area contributed by atoms with E-state index in [1.54, 1.807) is 30.3 Å². The minimum absolute atomic E-state index is 0.220. The number of imide groups is 2. The number of nitrogens with one attached hydrogen (secondary N) is 1. The molecule has 0 atom stereocenters. The van der Waals surface area contributed by atoms with E-state index in [9.17, 15) is 14.4 Å². The lowest BCUT2D eigenvalue weighted by Gasteiger charge is -2.26. The van der Waals surface area contributed by atoms with Crippen LogP contribution in [0.1, 0.15) is 23.6 Å². The van der Waals surface area contributed by atoms with Gasteiger partial charge in [0.1, 0.15) is 12.2 Å². The van der Waals surface area contributed by atoms with Crippen LogP contribution in [0, 0.1) is 6.92 Å². The summed E-state index contributed by atoms with van der Waals surface area (Å²) in [5.74, 6) is -0.848. The fourth-order valence-corrected chi connectivity index (χ4v) is 4.42. The first kappa shape index (κ1) is 26.9. The number of aryl methyl sites for hydroxylation is 1. The highest BCUT2D eigenvalue weighted by Crippen LogP contribution is 2.38. The van der Waals surface area contributed by atoms with Crippen LogP contribution in [0.4, 0.5) is 10.5 Å². The van der Waals surface area contributed by atoms with Gasteiger partial charge in [-0.1, -0.05) is 55.6 Å². The molecular weight excluding hydrogens is 628 g/mol. The molecule has 10 heteroatoms. The SMILES string of the molecule is CCOc1cc(/C=C2\C(=O)NC(=O)N(c3ccc(Br)c(C)c3)C2=O)cc(Cl)c1OCc1ccc(Br)cc1. The maximum absolute atomic E-state index is 13.3. The van der Waals surface area contributed by atoms with E-state index in [1.807, 2.05) is 38.1 Å². The predicted octanol–water partition coefficient (Wildman–Crippen LogP) is 6.82. The van der Waals surface area contributed by atoms with Crippen LogP contribution in [-0.4, -0.2) is 24.5 Å². The van der Waals surface area contributed by atoms with Gasteiger partial charge in [0.05, 0.1) is 17.3 Å². The number of carbonyl (C=O) groups is 3. The van der Waals surface area contributed by atoms with Gasteiger partial charge in [-0.15, -0.1) is 0 Å². The molecule has 0 spiro atoms. The van der Waals surface area contributed by atoms with Gasteiger partial charge in [-0.05, 0) is 79.1 Å². The molecule has 190 valence electrons. The summed E-state index contributed by atoms with van der Waals surface area (Å²) in [6.07, 6.45) is 1.37. The number of hydrogen-bond donors (Lipinski definition) is 1. The molecule has 1 aliphatic rings. The molecule has 7 nitrogen and oxygen atoms in total. The van der Waals surface area contributed by atoms with Crippen molar-refractivity contribution in [1.82, 2.24) is 5.32 Å². The van der Waals surface area contributed by atoms with Crippen molar-refractivity contribution >= 4 is 73.1 Å². The van der Waals surface area contributed by atoms with E-state index in [-0.39, 0.29) is 17.2 Å². The third kappa shape index (κ3) is 6.06. The van der Waals surface area contributed by atoms with Crippen LogP contribution in [-0.2, 0) is 16.2 Å². The molecule has 1 saturated heterocycles. The minimum atomic E-state index is -0.821. The number of amides is 4. The Hall–Kier alpha value is -3.14. The number of carbonyl (C=O) groups excluding carboxylic acids is 3. The summed E-state index contributed by atoms with van der Waals surface area (Å²) >= 11 is 13.3. The monoisotopic (exact) mass is 646 g/mol. The smallest absolute Gasteiger partial charge is 0.335 e. The van der Waals surface area contributed by atoms with Crippen LogP contribution in [0.2, 0.25) is 5.02 Å². The van der Waals surface area contributed by atoms with Crippen LogP contribution in [0.3, 0.4) is 0 Å². The van der Waals surface area contributed by atoms with Gasteiger partial charge >= 0.3 is 6.03 Å². The van der Waals surface area contributed by atoms with E-state index >= 15 is 0 Å². The van der Waals surface area contributed by atoms with Crippen molar-refractivity contribution in [2.45, 2.75) is 20.5 Å². The second-order valence-electron chi connectivity index (χ2n) is 8.07. The van der Waals surface area contributed by atoms with Crippen LogP contribution >= 0.6 is 43.5 Å². The number of ether oxygens (including phenoxy) is 2. The summed E-state index contributed by atoms with van der Waals surface area (Å²) in [5, 5.41) is 2.47. The van der Waals surface area contributed by atoms with Crippen molar-refractivity contribution in [2.75, 3.05) is 11.5 Å². The van der Waals surface area contributed by atoms with E-state index in [2.05, 4.69) is 37.2 Å². The van der Waals surface area contributed by atoms with Gasteiger partial charge in [-0.2, -0.15) is 0 Å². The number of nitrogens with zero attached hydrogens (tertiary/aromatic N) is 1. The van der Waals surface area contributed by atoms with Crippen LogP contribution in [0.15, 0.2) is 69.1 Å². The van der Waals surface area contributed by atoms with E-state index in [4.69, 9.17) is 21.1 Å². The van der Waals surface area contributed by atoms with E-state index < -0.39 is 17.8 Å². The fourth-order valence-electron chi connectivity index (χ4n) is 3.64. The summed E-state index contributed by atoms with van der Waals surface area (Å²) in [5.41, 5.74) is 2.32. The zero-order valence-corrected chi connectivity index (χ0v) is 23.7. The van der Waals surface area contributed by atoms with Gasteiger partial charge in [-0.25, -0.2) is 9.69 Å². The second-order valence-corrected chi connectivity index (χ2v) is 10.2. The molecule has 1 aliphatic heterocycles. The van der Waals surface area contributed by atoms with Crippen LogP contribution in [0.25, 0.3) is 6.08 Å². The van der Waals surface area contributed by atoms with Gasteiger partial charge in [0.2, 0.25) is 0 Å². The molecule has 4 rings (SSSR count). The Morgan fingerprint density at radius 3 is 2.41 bits per heavy atom. The molecule has 3 aromatic carbocycles. The normalized spacial score (nSPS) is 14.7. The number of halogens is 3. The van der Waals surface area contributed by atoms with Crippen LogP contribution in [0.5, 0.6) is 11.5 Å². The Balaban J connectivity index is 1.66. The summed E-state index contributed by atoms with van der Waals surface area (Å²) in [6, 6.07) is 15.1. The zero-order valence-electron chi connectivity index (χ0n) is 19.8. The summed E-state index contributed by atoms with van der Waals surface area (Å²) in [4.78, 5) is 39.3. The van der Waals surface area contributed by atoms with Gasteiger partial charge < -0.3 is 9.47 Å². The molecule has 0 saturated carbocycles. The summed E-state index contributed by atoms with van der Waals surface area (Å²) in [6.45, 7) is 4.26. The summed E-state index contributed by atoms with van der Waals surface area (Å²) < 4.78 is 13.5. The molecule has 0 radical (unpaired) electrons. The lowest BCUT2D eigenvalue weighted by Crippen LogP contribution is -2.54. The topological polar surface area (TPSA) is 84.9 Å².